The van der Waals surface area contributed by atoms with E-state index >= 15 is 0 Å². The largest absolute Gasteiger partial charge is 0.336 e. The van der Waals surface area contributed by atoms with Crippen molar-refractivity contribution in [1.82, 2.24) is 14.8 Å². The van der Waals surface area contributed by atoms with E-state index in [9.17, 15) is 17.6 Å². The monoisotopic (exact) mass is 536 g/mol. The lowest BCUT2D eigenvalue weighted by molar-refractivity contribution is 0.0628. The van der Waals surface area contributed by atoms with E-state index in [0.717, 1.165) is 10.9 Å². The first-order valence-corrected chi connectivity index (χ1v) is 13.4. The molecule has 1 amide bonds. The van der Waals surface area contributed by atoms with Gasteiger partial charge in [0, 0.05) is 61.1 Å². The topological polar surface area (TPSA) is 82.6 Å². The molecule has 37 heavy (non-hydrogen) atoms. The molecule has 0 radical (unpaired) electrons. The summed E-state index contributed by atoms with van der Waals surface area (Å²) in [5, 5.41) is 0.742. The molecule has 1 aromatic heterocycles. The number of nitrogens with zero attached hydrogens (tertiary/aromatic N) is 3. The fourth-order valence-corrected chi connectivity index (χ4v) is 5.67. The molecule has 188 valence electrons. The summed E-state index contributed by atoms with van der Waals surface area (Å²) in [4.78, 5) is 21.2. The van der Waals surface area contributed by atoms with Crippen LogP contribution in [-0.4, -0.2) is 55.3 Å². The lowest BCUT2D eigenvalue weighted by Gasteiger charge is -2.34. The zero-order chi connectivity index (χ0) is 26.0. The summed E-state index contributed by atoms with van der Waals surface area (Å²) in [6.07, 6.45) is 1.55. The minimum Gasteiger partial charge on any atom is -0.336 e. The normalized spacial score (nSPS) is 14.4. The van der Waals surface area contributed by atoms with Crippen LogP contribution in [0, 0.1) is 17.9 Å². The number of nitrogens with one attached hydrogen (secondary N) is 1. The molecular weight excluding hydrogens is 515 g/mol. The van der Waals surface area contributed by atoms with Crippen molar-refractivity contribution in [2.24, 2.45) is 0 Å². The predicted molar refractivity (Wildman–Crippen MR) is 139 cm³/mol. The second-order valence-corrected chi connectivity index (χ2v) is 10.7. The van der Waals surface area contributed by atoms with Gasteiger partial charge in [0.1, 0.15) is 4.90 Å². The van der Waals surface area contributed by atoms with Crippen LogP contribution in [0.4, 0.5) is 10.1 Å². The van der Waals surface area contributed by atoms with Gasteiger partial charge < -0.3 is 4.90 Å². The third-order valence-corrected chi connectivity index (χ3v) is 7.85. The Hall–Kier alpha value is -3.71. The first-order valence-electron chi connectivity index (χ1n) is 11.6. The first-order chi connectivity index (χ1) is 17.8. The summed E-state index contributed by atoms with van der Waals surface area (Å²) < 4.78 is 41.9. The summed E-state index contributed by atoms with van der Waals surface area (Å²) in [5.41, 5.74) is 1.95. The van der Waals surface area contributed by atoms with Gasteiger partial charge in [-0.1, -0.05) is 35.9 Å². The molecule has 0 atom stereocenters. The molecule has 5 rings (SSSR count). The molecule has 0 aliphatic carbocycles. The minimum atomic E-state index is -3.88. The Morgan fingerprint density at radius 2 is 1.76 bits per heavy atom. The molecule has 2 heterocycles. The standard InChI is InChI=1S/C27H22ClFN4O3S/c28-23-17-19(6-11-24(23)29)18-32-13-15-33(16-14-32)27(34)21-7-9-22(10-8-21)31-37(35,36)25-5-1-3-20-4-2-12-30-26(20)25/h1-5,7-10,12,17,31H,13-16,18H2. The second kappa shape index (κ2) is 10.3. The van der Waals surface area contributed by atoms with Crippen molar-refractivity contribution in [1.29, 1.82) is 0 Å². The van der Waals surface area contributed by atoms with E-state index in [2.05, 4.69) is 26.7 Å². The fourth-order valence-electron chi connectivity index (χ4n) is 4.25. The zero-order valence-electron chi connectivity index (χ0n) is 19.6. The number of carbonyl (C=O) groups is 1. The highest BCUT2D eigenvalue weighted by atomic mass is 35.5. The van der Waals surface area contributed by atoms with E-state index in [1.54, 1.807) is 59.6 Å². The highest BCUT2D eigenvalue weighted by Crippen LogP contribution is 2.24. The van der Waals surface area contributed by atoms with Crippen molar-refractivity contribution in [3.63, 3.8) is 0 Å². The van der Waals surface area contributed by atoms with Gasteiger partial charge in [-0.2, -0.15) is 4.39 Å². The Morgan fingerprint density at radius 3 is 2.49 bits per heavy atom. The number of hydrogen-bond donors (Lipinski definition) is 1. The van der Waals surface area contributed by atoms with E-state index in [-0.39, 0.29) is 15.8 Å². The van der Waals surface area contributed by atoms with Crippen LogP contribution in [0.5, 0.6) is 0 Å². The number of amides is 1. The van der Waals surface area contributed by atoms with E-state index < -0.39 is 15.8 Å². The van der Waals surface area contributed by atoms with E-state index in [0.29, 0.717) is 49.5 Å². The summed E-state index contributed by atoms with van der Waals surface area (Å²) in [6, 6.07) is 21.6. The average Bonchev–Trinajstić information content (AvgIpc) is 2.91. The number of halogens is 2. The number of sulfonamides is 1. The third kappa shape index (κ3) is 5.52. The summed E-state index contributed by atoms with van der Waals surface area (Å²) in [7, 11) is -3.88. The summed E-state index contributed by atoms with van der Waals surface area (Å²) in [6.45, 7) is 2.89. The van der Waals surface area contributed by atoms with Crippen LogP contribution >= 0.6 is 11.6 Å². The van der Waals surface area contributed by atoms with Crippen LogP contribution in [0.25, 0.3) is 10.9 Å². The number of aromatic nitrogens is 1. The second-order valence-electron chi connectivity index (χ2n) is 8.66. The molecular formula is C27H22ClFN4O3S. The smallest absolute Gasteiger partial charge is 0.264 e. The number of piperazine rings is 1. The van der Waals surface area contributed by atoms with Crippen molar-refractivity contribution in [2.75, 3.05) is 30.9 Å². The van der Waals surface area contributed by atoms with Gasteiger partial charge in [-0.05, 0) is 48.5 Å². The van der Waals surface area contributed by atoms with Crippen LogP contribution in [0.3, 0.4) is 0 Å². The molecule has 1 fully saturated rings. The minimum absolute atomic E-state index is 0.0158. The molecule has 10 heteroatoms. The highest BCUT2D eigenvalue weighted by molar-refractivity contribution is 7.93. The number of para-hydroxylation sites is 1. The molecule has 3 aromatic carbocycles. The van der Waals surface area contributed by atoms with Crippen molar-refractivity contribution < 1.29 is 17.6 Å². The van der Waals surface area contributed by atoms with Crippen molar-refractivity contribution in [2.45, 2.75) is 11.4 Å². The van der Waals surface area contributed by atoms with Gasteiger partial charge in [-0.15, -0.1) is 0 Å². The van der Waals surface area contributed by atoms with Crippen LogP contribution in [0.15, 0.2) is 71.8 Å². The molecule has 4 aromatic rings. The maximum atomic E-state index is 13.3. The third-order valence-electron chi connectivity index (χ3n) is 6.17. The van der Waals surface area contributed by atoms with Crippen LogP contribution in [0.2, 0.25) is 5.02 Å². The lowest BCUT2D eigenvalue weighted by atomic mass is 10.1. The number of anilines is 1. The number of hydrogen-bond acceptors (Lipinski definition) is 5. The molecule has 1 aliphatic rings. The fraction of sp³-hybridized carbons (Fsp3) is 0.185. The van der Waals surface area contributed by atoms with Crippen LogP contribution in [0.1, 0.15) is 15.9 Å². The Bertz CT molecular complexity index is 1550. The molecule has 0 bridgehead atoms. The zero-order valence-corrected chi connectivity index (χ0v) is 21.2. The van der Waals surface area contributed by atoms with E-state index in [4.69, 9.17) is 11.6 Å². The average molecular weight is 537 g/mol. The SMILES string of the molecule is O=C(c1ccc(NS(=O)(=O)c2cccc3cccnc23)cc1)N1CCN(Cc2c#cc(F)c(Cl)c2)CC1. The molecule has 1 aliphatic heterocycles. The van der Waals surface area contributed by atoms with Gasteiger partial charge in [0.2, 0.25) is 0 Å². The van der Waals surface area contributed by atoms with E-state index in [1.165, 1.54) is 12.1 Å². The molecule has 0 unspecified atom stereocenters. The number of rotatable bonds is 6. The Labute approximate surface area is 219 Å². The predicted octanol–water partition coefficient (Wildman–Crippen LogP) is 4.39. The van der Waals surface area contributed by atoms with Crippen molar-refractivity contribution in [3.8, 4) is 0 Å². The number of pyridine rings is 1. The Balaban J connectivity index is 1.21. The van der Waals surface area contributed by atoms with Crippen molar-refractivity contribution >= 4 is 44.1 Å². The molecule has 0 spiro atoms. The maximum Gasteiger partial charge on any atom is 0.264 e. The van der Waals surface area contributed by atoms with Gasteiger partial charge >= 0.3 is 0 Å². The van der Waals surface area contributed by atoms with E-state index in [1.807, 2.05) is 0 Å². The quantitative estimate of drug-likeness (QED) is 0.395. The molecule has 1 saturated heterocycles. The Kier molecular flexibility index (Phi) is 6.98. The van der Waals surface area contributed by atoms with Gasteiger partial charge in [-0.3, -0.25) is 19.4 Å². The van der Waals surface area contributed by atoms with Crippen LogP contribution < -0.4 is 4.72 Å². The summed E-state index contributed by atoms with van der Waals surface area (Å²) in [5.74, 6) is -0.748. The molecule has 0 saturated carbocycles. The first kappa shape index (κ1) is 25.0. The summed E-state index contributed by atoms with van der Waals surface area (Å²) >= 11 is 5.83. The van der Waals surface area contributed by atoms with Crippen LogP contribution in [-0.2, 0) is 16.6 Å². The van der Waals surface area contributed by atoms with Gasteiger partial charge in [0.15, 0.2) is 5.82 Å². The van der Waals surface area contributed by atoms with Crippen molar-refractivity contribution in [3.05, 3.63) is 101 Å². The lowest BCUT2D eigenvalue weighted by Crippen LogP contribution is -2.48. The number of carbonyl (C=O) groups excluding carboxylic acids is 1. The number of fused-ring (bicyclic) bond motifs is 1. The highest BCUT2D eigenvalue weighted by Gasteiger charge is 2.23. The number of benzene rings is 2. The van der Waals surface area contributed by atoms with Gasteiger partial charge in [-0.25, -0.2) is 8.42 Å². The Morgan fingerprint density at radius 1 is 1.03 bits per heavy atom. The molecule has 7 nitrogen and oxygen atoms in total. The van der Waals surface area contributed by atoms with Gasteiger partial charge in [0.05, 0.1) is 10.5 Å². The molecule has 1 N–H and O–H groups in total. The van der Waals surface area contributed by atoms with Gasteiger partial charge in [0.25, 0.3) is 15.9 Å². The maximum absolute atomic E-state index is 13.3.